The standard InChI is InChI=1S/C15H15N3O5/c1-7(19)23-12-5-11(13(20)17-14(12)21)18-6-9-8(15(18)22)3-2-4-10(9)16/h2-4,11-12H,5-6,16H2,1H3,(H,17,20,21). The number of nitrogens with one attached hydrogen (secondary N) is 1. The number of amides is 3. The van der Waals surface area contributed by atoms with Crippen molar-refractivity contribution in [1.29, 1.82) is 0 Å². The number of benzene rings is 1. The first-order chi connectivity index (χ1) is 10.9. The van der Waals surface area contributed by atoms with E-state index in [9.17, 15) is 19.2 Å². The van der Waals surface area contributed by atoms with Gasteiger partial charge >= 0.3 is 5.97 Å². The molecule has 2 unspecified atom stereocenters. The second kappa shape index (κ2) is 5.38. The van der Waals surface area contributed by atoms with E-state index >= 15 is 0 Å². The Morgan fingerprint density at radius 3 is 2.70 bits per heavy atom. The minimum atomic E-state index is -1.09. The molecule has 2 atom stereocenters. The first kappa shape index (κ1) is 15.0. The van der Waals surface area contributed by atoms with Crippen molar-refractivity contribution in [2.24, 2.45) is 0 Å². The van der Waals surface area contributed by atoms with Crippen molar-refractivity contribution in [3.05, 3.63) is 29.3 Å². The van der Waals surface area contributed by atoms with Crippen LogP contribution in [0.5, 0.6) is 0 Å². The second-order valence-electron chi connectivity index (χ2n) is 5.51. The van der Waals surface area contributed by atoms with Gasteiger partial charge in [-0.3, -0.25) is 24.5 Å². The molecule has 0 saturated carbocycles. The van der Waals surface area contributed by atoms with Gasteiger partial charge in [0, 0.05) is 36.7 Å². The van der Waals surface area contributed by atoms with Crippen LogP contribution in [-0.2, 0) is 25.7 Å². The highest BCUT2D eigenvalue weighted by molar-refractivity contribution is 6.07. The third kappa shape index (κ3) is 2.52. The molecule has 3 rings (SSSR count). The topological polar surface area (TPSA) is 119 Å². The SMILES string of the molecule is CC(=O)OC1CC(N2Cc3c(N)cccc3C2=O)C(=O)NC1=O. The number of nitrogen functional groups attached to an aromatic ring is 1. The lowest BCUT2D eigenvalue weighted by atomic mass is 10.0. The number of rotatable bonds is 2. The van der Waals surface area contributed by atoms with Crippen LogP contribution in [0.3, 0.4) is 0 Å². The Morgan fingerprint density at radius 1 is 1.30 bits per heavy atom. The van der Waals surface area contributed by atoms with Gasteiger partial charge < -0.3 is 15.4 Å². The van der Waals surface area contributed by atoms with Crippen molar-refractivity contribution in [2.45, 2.75) is 32.0 Å². The van der Waals surface area contributed by atoms with E-state index in [1.807, 2.05) is 0 Å². The molecule has 0 aliphatic carbocycles. The number of esters is 1. The Balaban J connectivity index is 1.86. The van der Waals surface area contributed by atoms with E-state index in [1.54, 1.807) is 18.2 Å². The Hall–Kier alpha value is -2.90. The van der Waals surface area contributed by atoms with Crippen LogP contribution in [0.2, 0.25) is 0 Å². The fraction of sp³-hybridized carbons (Fsp3) is 0.333. The summed E-state index contributed by atoms with van der Waals surface area (Å²) in [5, 5.41) is 2.14. The zero-order chi connectivity index (χ0) is 16.7. The first-order valence-electron chi connectivity index (χ1n) is 7.08. The summed E-state index contributed by atoms with van der Waals surface area (Å²) in [6, 6.07) is 4.10. The molecule has 2 heterocycles. The van der Waals surface area contributed by atoms with Crippen LogP contribution in [-0.4, -0.2) is 40.7 Å². The summed E-state index contributed by atoms with van der Waals surface area (Å²) < 4.78 is 4.91. The molecule has 8 heteroatoms. The zero-order valence-electron chi connectivity index (χ0n) is 12.4. The van der Waals surface area contributed by atoms with E-state index in [2.05, 4.69) is 5.32 Å². The van der Waals surface area contributed by atoms with E-state index < -0.39 is 29.9 Å². The van der Waals surface area contributed by atoms with Gasteiger partial charge in [-0.25, -0.2) is 0 Å². The Morgan fingerprint density at radius 2 is 2.04 bits per heavy atom. The summed E-state index contributed by atoms with van der Waals surface area (Å²) >= 11 is 0. The molecule has 1 fully saturated rings. The van der Waals surface area contributed by atoms with Crippen LogP contribution in [0.25, 0.3) is 0 Å². The maximum absolute atomic E-state index is 12.5. The molecule has 2 aliphatic rings. The lowest BCUT2D eigenvalue weighted by Gasteiger charge is -2.32. The molecule has 8 nitrogen and oxygen atoms in total. The number of fused-ring (bicyclic) bond motifs is 1. The van der Waals surface area contributed by atoms with Crippen molar-refractivity contribution >= 4 is 29.4 Å². The maximum atomic E-state index is 12.5. The van der Waals surface area contributed by atoms with Crippen LogP contribution >= 0.6 is 0 Å². The number of carbonyl (C=O) groups excluding carboxylic acids is 4. The van der Waals surface area contributed by atoms with Crippen molar-refractivity contribution in [3.8, 4) is 0 Å². The number of hydrogen-bond acceptors (Lipinski definition) is 6. The number of imide groups is 1. The van der Waals surface area contributed by atoms with E-state index in [0.717, 1.165) is 0 Å². The van der Waals surface area contributed by atoms with Crippen molar-refractivity contribution in [1.82, 2.24) is 10.2 Å². The number of ether oxygens (including phenoxy) is 1. The van der Waals surface area contributed by atoms with Gasteiger partial charge in [0.15, 0.2) is 6.10 Å². The third-order valence-electron chi connectivity index (χ3n) is 4.00. The fourth-order valence-corrected chi connectivity index (χ4v) is 2.90. The number of nitrogens with zero attached hydrogens (tertiary/aromatic N) is 1. The number of carbonyl (C=O) groups is 4. The predicted molar refractivity (Wildman–Crippen MR) is 77.8 cm³/mol. The van der Waals surface area contributed by atoms with Gasteiger partial charge in [0.05, 0.1) is 0 Å². The second-order valence-corrected chi connectivity index (χ2v) is 5.51. The van der Waals surface area contributed by atoms with Crippen LogP contribution in [0.4, 0.5) is 5.69 Å². The molecule has 2 aliphatic heterocycles. The zero-order valence-corrected chi connectivity index (χ0v) is 12.4. The van der Waals surface area contributed by atoms with E-state index in [4.69, 9.17) is 10.5 Å². The van der Waals surface area contributed by atoms with Gasteiger partial charge in [0.2, 0.25) is 5.91 Å². The number of piperidine rings is 1. The molecule has 0 spiro atoms. The summed E-state index contributed by atoms with van der Waals surface area (Å²) in [6.45, 7) is 1.36. The van der Waals surface area contributed by atoms with E-state index in [-0.39, 0.29) is 18.9 Å². The normalized spacial score (nSPS) is 23.5. The number of nitrogens with two attached hydrogens (primary N) is 1. The van der Waals surface area contributed by atoms with Crippen molar-refractivity contribution < 1.29 is 23.9 Å². The Labute approximate surface area is 131 Å². The van der Waals surface area contributed by atoms with Crippen molar-refractivity contribution in [2.75, 3.05) is 5.73 Å². The number of hydrogen-bond donors (Lipinski definition) is 2. The van der Waals surface area contributed by atoms with Gasteiger partial charge in [-0.15, -0.1) is 0 Å². The van der Waals surface area contributed by atoms with Gasteiger partial charge in [-0.1, -0.05) is 6.07 Å². The minimum absolute atomic E-state index is 0.0656. The summed E-state index contributed by atoms with van der Waals surface area (Å²) in [4.78, 5) is 48.7. The van der Waals surface area contributed by atoms with Gasteiger partial charge in [-0.05, 0) is 12.1 Å². The average molecular weight is 317 g/mol. The van der Waals surface area contributed by atoms with E-state index in [1.165, 1.54) is 11.8 Å². The van der Waals surface area contributed by atoms with Crippen molar-refractivity contribution in [3.63, 3.8) is 0 Å². The van der Waals surface area contributed by atoms with Crippen LogP contribution in [0.1, 0.15) is 29.3 Å². The Bertz CT molecular complexity index is 730. The van der Waals surface area contributed by atoms with E-state index in [0.29, 0.717) is 16.8 Å². The highest BCUT2D eigenvalue weighted by Gasteiger charge is 2.44. The van der Waals surface area contributed by atoms with Crippen LogP contribution < -0.4 is 11.1 Å². The molecule has 120 valence electrons. The fourth-order valence-electron chi connectivity index (χ4n) is 2.90. The van der Waals surface area contributed by atoms with Gasteiger partial charge in [-0.2, -0.15) is 0 Å². The summed E-state index contributed by atoms with van der Waals surface area (Å²) in [6.07, 6.45) is -1.16. The highest BCUT2D eigenvalue weighted by Crippen LogP contribution is 2.31. The highest BCUT2D eigenvalue weighted by atomic mass is 16.5. The molecular formula is C15H15N3O5. The monoisotopic (exact) mass is 317 g/mol. The van der Waals surface area contributed by atoms with Gasteiger partial charge in [0.25, 0.3) is 11.8 Å². The molecule has 3 N–H and O–H groups in total. The van der Waals surface area contributed by atoms with Crippen LogP contribution in [0.15, 0.2) is 18.2 Å². The molecule has 1 saturated heterocycles. The first-order valence-corrected chi connectivity index (χ1v) is 7.08. The lowest BCUT2D eigenvalue weighted by molar-refractivity contribution is -0.160. The maximum Gasteiger partial charge on any atom is 0.303 e. The minimum Gasteiger partial charge on any atom is -0.452 e. The predicted octanol–water partition coefficient (Wildman–Crippen LogP) is -0.429. The van der Waals surface area contributed by atoms with Crippen LogP contribution in [0, 0.1) is 0 Å². The molecule has 1 aromatic rings. The molecule has 0 aromatic heterocycles. The smallest absolute Gasteiger partial charge is 0.303 e. The molecule has 0 radical (unpaired) electrons. The summed E-state index contributed by atoms with van der Waals surface area (Å²) in [5.74, 6) is -2.22. The molecule has 3 amide bonds. The molecule has 1 aromatic carbocycles. The number of anilines is 1. The Kier molecular flexibility index (Phi) is 3.51. The molecule has 0 bridgehead atoms. The summed E-state index contributed by atoms with van der Waals surface area (Å²) in [7, 11) is 0. The quantitative estimate of drug-likeness (QED) is 0.434. The largest absolute Gasteiger partial charge is 0.452 e. The summed E-state index contributed by atoms with van der Waals surface area (Å²) in [5.41, 5.74) is 7.45. The molecule has 23 heavy (non-hydrogen) atoms. The lowest BCUT2D eigenvalue weighted by Crippen LogP contribution is -2.58. The average Bonchev–Trinajstić information content (AvgIpc) is 2.80. The third-order valence-corrected chi connectivity index (χ3v) is 4.00. The van der Waals surface area contributed by atoms with Gasteiger partial charge in [0.1, 0.15) is 6.04 Å². The molecular weight excluding hydrogens is 302 g/mol.